The number of carbonyl (C=O) groups excluding carboxylic acids is 1. The van der Waals surface area contributed by atoms with E-state index in [4.69, 9.17) is 0 Å². The molecule has 0 radical (unpaired) electrons. The third-order valence-corrected chi connectivity index (χ3v) is 8.57. The monoisotopic (exact) mass is 435 g/mol. The Morgan fingerprint density at radius 1 is 0.967 bits per heavy atom. The summed E-state index contributed by atoms with van der Waals surface area (Å²) in [5.74, 6) is -0.107. The van der Waals surface area contributed by atoms with Gasteiger partial charge in [-0.1, -0.05) is 20.3 Å². The number of hydrogen-bond donors (Lipinski definition) is 0. The molecule has 1 aromatic carbocycles. The van der Waals surface area contributed by atoms with Crippen LogP contribution < -0.4 is 4.90 Å². The molecular formula is C23H37N3O3S. The Bertz CT molecular complexity index is 824. The standard InChI is InChI=1S/C23H37N3O3S/c1-4-20(5-2)24(3)23(27)19-12-13-21(25-14-8-6-9-15-25)22(18-19)30(28,29)26-16-10-7-11-17-26/h12-13,18,20H,4-11,14-17H2,1-3H3. The molecule has 6 nitrogen and oxygen atoms in total. The minimum absolute atomic E-state index is 0.107. The second-order valence-corrected chi connectivity index (χ2v) is 10.5. The van der Waals surface area contributed by atoms with Crippen molar-refractivity contribution in [3.8, 4) is 0 Å². The maximum Gasteiger partial charge on any atom is 0.253 e. The molecule has 0 bridgehead atoms. The molecule has 7 heteroatoms. The molecule has 0 aromatic heterocycles. The smallest absolute Gasteiger partial charge is 0.253 e. The van der Waals surface area contributed by atoms with Gasteiger partial charge in [0.05, 0.1) is 5.69 Å². The van der Waals surface area contributed by atoms with E-state index in [9.17, 15) is 13.2 Å². The van der Waals surface area contributed by atoms with E-state index in [0.717, 1.165) is 63.7 Å². The van der Waals surface area contributed by atoms with Crippen molar-refractivity contribution in [2.75, 3.05) is 38.1 Å². The highest BCUT2D eigenvalue weighted by molar-refractivity contribution is 7.89. The average Bonchev–Trinajstić information content (AvgIpc) is 2.80. The first-order valence-electron chi connectivity index (χ1n) is 11.6. The van der Waals surface area contributed by atoms with E-state index >= 15 is 0 Å². The Hall–Kier alpha value is -1.60. The van der Waals surface area contributed by atoms with E-state index < -0.39 is 10.0 Å². The zero-order valence-electron chi connectivity index (χ0n) is 18.8. The Kier molecular flexibility index (Phi) is 7.80. The number of benzene rings is 1. The molecule has 2 aliphatic heterocycles. The molecule has 2 heterocycles. The van der Waals surface area contributed by atoms with Crippen LogP contribution in [0.5, 0.6) is 0 Å². The highest BCUT2D eigenvalue weighted by Gasteiger charge is 2.31. The first-order chi connectivity index (χ1) is 14.4. The molecule has 30 heavy (non-hydrogen) atoms. The molecule has 1 amide bonds. The molecule has 2 aliphatic rings. The summed E-state index contributed by atoms with van der Waals surface area (Å²) in [5.41, 5.74) is 1.21. The molecule has 2 saturated heterocycles. The highest BCUT2D eigenvalue weighted by Crippen LogP contribution is 2.32. The van der Waals surface area contributed by atoms with Crippen LogP contribution in [-0.4, -0.2) is 62.8 Å². The zero-order chi connectivity index (χ0) is 21.7. The van der Waals surface area contributed by atoms with Crippen LogP contribution in [-0.2, 0) is 10.0 Å². The van der Waals surface area contributed by atoms with Crippen LogP contribution in [0.25, 0.3) is 0 Å². The lowest BCUT2D eigenvalue weighted by Crippen LogP contribution is -2.38. The zero-order valence-corrected chi connectivity index (χ0v) is 19.6. The molecule has 0 N–H and O–H groups in total. The molecule has 1 aromatic rings. The van der Waals surface area contributed by atoms with E-state index in [-0.39, 0.29) is 11.9 Å². The lowest BCUT2D eigenvalue weighted by Gasteiger charge is -2.33. The van der Waals surface area contributed by atoms with E-state index in [0.29, 0.717) is 23.5 Å². The summed E-state index contributed by atoms with van der Waals surface area (Å²) in [6.07, 6.45) is 7.95. The Labute approximate surface area is 182 Å². The summed E-state index contributed by atoms with van der Waals surface area (Å²) in [4.78, 5) is 17.4. The minimum Gasteiger partial charge on any atom is -0.370 e. The first kappa shape index (κ1) is 23.1. The molecule has 168 valence electrons. The van der Waals surface area contributed by atoms with E-state index in [1.807, 2.05) is 13.1 Å². The van der Waals surface area contributed by atoms with Crippen LogP contribution in [0, 0.1) is 0 Å². The lowest BCUT2D eigenvalue weighted by molar-refractivity contribution is 0.0723. The van der Waals surface area contributed by atoms with Crippen molar-refractivity contribution in [1.29, 1.82) is 0 Å². The topological polar surface area (TPSA) is 60.9 Å². The van der Waals surface area contributed by atoms with Gasteiger partial charge >= 0.3 is 0 Å². The van der Waals surface area contributed by atoms with E-state index in [1.165, 1.54) is 6.42 Å². The molecule has 0 atom stereocenters. The van der Waals surface area contributed by atoms with Crippen LogP contribution in [0.2, 0.25) is 0 Å². The number of sulfonamides is 1. The number of anilines is 1. The summed E-state index contributed by atoms with van der Waals surface area (Å²) in [5, 5.41) is 0. The molecule has 0 unspecified atom stereocenters. The van der Waals surface area contributed by atoms with E-state index in [1.54, 1.807) is 21.3 Å². The Balaban J connectivity index is 2.01. The molecular weight excluding hydrogens is 398 g/mol. The van der Waals surface area contributed by atoms with Crippen LogP contribution in [0.15, 0.2) is 23.1 Å². The second kappa shape index (κ2) is 10.1. The summed E-state index contributed by atoms with van der Waals surface area (Å²) >= 11 is 0. The average molecular weight is 436 g/mol. The van der Waals surface area contributed by atoms with Crippen molar-refractivity contribution in [3.05, 3.63) is 23.8 Å². The summed E-state index contributed by atoms with van der Waals surface area (Å²) in [6, 6.07) is 5.45. The third-order valence-electron chi connectivity index (χ3n) is 6.65. The fourth-order valence-corrected chi connectivity index (χ4v) is 6.45. The number of rotatable bonds is 7. The molecule has 0 saturated carbocycles. The van der Waals surface area contributed by atoms with Crippen LogP contribution >= 0.6 is 0 Å². The van der Waals surface area contributed by atoms with Crippen LogP contribution in [0.1, 0.15) is 75.6 Å². The van der Waals surface area contributed by atoms with Gasteiger partial charge in [-0.15, -0.1) is 0 Å². The predicted molar refractivity (Wildman–Crippen MR) is 122 cm³/mol. The van der Waals surface area contributed by atoms with Crippen LogP contribution in [0.3, 0.4) is 0 Å². The summed E-state index contributed by atoms with van der Waals surface area (Å²) < 4.78 is 28.8. The van der Waals surface area contributed by atoms with Gasteiger partial charge in [-0.2, -0.15) is 4.31 Å². The van der Waals surface area contributed by atoms with Gasteiger partial charge in [0.1, 0.15) is 4.90 Å². The number of hydrogen-bond acceptors (Lipinski definition) is 4. The Morgan fingerprint density at radius 3 is 2.10 bits per heavy atom. The quantitative estimate of drug-likeness (QED) is 0.647. The summed E-state index contributed by atoms with van der Waals surface area (Å²) in [7, 11) is -1.82. The number of nitrogens with zero attached hydrogens (tertiary/aromatic N) is 3. The van der Waals surface area contributed by atoms with Crippen molar-refractivity contribution in [1.82, 2.24) is 9.21 Å². The van der Waals surface area contributed by atoms with Gasteiger partial charge in [-0.3, -0.25) is 4.79 Å². The van der Waals surface area contributed by atoms with Gasteiger partial charge in [0.15, 0.2) is 0 Å². The van der Waals surface area contributed by atoms with Crippen molar-refractivity contribution >= 4 is 21.6 Å². The highest BCUT2D eigenvalue weighted by atomic mass is 32.2. The van der Waals surface area contributed by atoms with Gasteiger partial charge in [0.25, 0.3) is 5.91 Å². The van der Waals surface area contributed by atoms with Gasteiger partial charge in [-0.25, -0.2) is 8.42 Å². The van der Waals surface area contributed by atoms with Gasteiger partial charge < -0.3 is 9.80 Å². The number of piperidine rings is 2. The van der Waals surface area contributed by atoms with Gasteiger partial charge in [0, 0.05) is 44.8 Å². The number of amides is 1. The SMILES string of the molecule is CCC(CC)N(C)C(=O)c1ccc(N2CCCCC2)c(S(=O)(=O)N2CCCCC2)c1. The van der Waals surface area contributed by atoms with E-state index in [2.05, 4.69) is 18.7 Å². The van der Waals surface area contributed by atoms with Gasteiger partial charge in [-0.05, 0) is 63.1 Å². The third kappa shape index (κ3) is 4.83. The fourth-order valence-electron chi connectivity index (χ4n) is 4.70. The fraction of sp³-hybridized carbons (Fsp3) is 0.696. The number of carbonyl (C=O) groups is 1. The van der Waals surface area contributed by atoms with Crippen molar-refractivity contribution < 1.29 is 13.2 Å². The molecule has 3 rings (SSSR count). The maximum absolute atomic E-state index is 13.6. The largest absolute Gasteiger partial charge is 0.370 e. The molecule has 2 fully saturated rings. The maximum atomic E-state index is 13.6. The van der Waals surface area contributed by atoms with Crippen molar-refractivity contribution in [2.45, 2.75) is 76.2 Å². The van der Waals surface area contributed by atoms with Crippen molar-refractivity contribution in [2.24, 2.45) is 0 Å². The molecule has 0 aliphatic carbocycles. The molecule has 0 spiro atoms. The normalized spacial score (nSPS) is 18.6. The second-order valence-electron chi connectivity index (χ2n) is 8.58. The van der Waals surface area contributed by atoms with Crippen molar-refractivity contribution in [3.63, 3.8) is 0 Å². The summed E-state index contributed by atoms with van der Waals surface area (Å²) in [6.45, 7) is 7.00. The predicted octanol–water partition coefficient (Wildman–Crippen LogP) is 4.11. The lowest BCUT2D eigenvalue weighted by atomic mass is 10.1. The first-order valence-corrected chi connectivity index (χ1v) is 13.0. The minimum atomic E-state index is -3.63. The Morgan fingerprint density at radius 2 is 1.53 bits per heavy atom. The van der Waals surface area contributed by atoms with Gasteiger partial charge in [0.2, 0.25) is 10.0 Å². The van der Waals surface area contributed by atoms with Crippen LogP contribution in [0.4, 0.5) is 5.69 Å².